The minimum atomic E-state index is -0.0899. The van der Waals surface area contributed by atoms with Crippen LogP contribution in [0.2, 0.25) is 0 Å². The van der Waals surface area contributed by atoms with Crippen molar-refractivity contribution in [3.63, 3.8) is 0 Å². The first-order chi connectivity index (χ1) is 15.7. The SMILES string of the molecule is Cc1cccc(-c2noc(CSc3nc4ccccc4c(=O)n3Cc3cccnc3)n2)c1. The van der Waals surface area contributed by atoms with Crippen LogP contribution >= 0.6 is 11.8 Å². The lowest BCUT2D eigenvalue weighted by Crippen LogP contribution is -2.24. The summed E-state index contributed by atoms with van der Waals surface area (Å²) in [7, 11) is 0. The van der Waals surface area contributed by atoms with Crippen molar-refractivity contribution in [3.05, 3.63) is 100 Å². The van der Waals surface area contributed by atoms with E-state index >= 15 is 0 Å². The van der Waals surface area contributed by atoms with E-state index in [0.717, 1.165) is 16.7 Å². The number of nitrogens with zero attached hydrogens (tertiary/aromatic N) is 5. The molecular weight excluding hydrogens is 422 g/mol. The summed E-state index contributed by atoms with van der Waals surface area (Å²) in [4.78, 5) is 26.6. The monoisotopic (exact) mass is 441 g/mol. The van der Waals surface area contributed by atoms with Gasteiger partial charge in [0.25, 0.3) is 5.56 Å². The Bertz CT molecular complexity index is 1450. The Morgan fingerprint density at radius 2 is 1.94 bits per heavy atom. The van der Waals surface area contributed by atoms with E-state index in [4.69, 9.17) is 9.51 Å². The van der Waals surface area contributed by atoms with Crippen LogP contribution in [0.5, 0.6) is 0 Å². The minimum absolute atomic E-state index is 0.0899. The number of rotatable bonds is 6. The van der Waals surface area contributed by atoms with Crippen LogP contribution in [0.3, 0.4) is 0 Å². The quantitative estimate of drug-likeness (QED) is 0.283. The number of hydrogen-bond acceptors (Lipinski definition) is 7. The summed E-state index contributed by atoms with van der Waals surface area (Å²) in [6, 6.07) is 19.1. The molecule has 32 heavy (non-hydrogen) atoms. The second-order valence-electron chi connectivity index (χ2n) is 7.33. The molecule has 0 unspecified atom stereocenters. The standard InChI is InChI=1S/C24H19N5O2S/c1-16-6-4-8-18(12-16)22-27-21(31-28-22)15-32-24-26-20-10-3-2-9-19(20)23(30)29(24)14-17-7-5-11-25-13-17/h2-13H,14-15H2,1H3. The Balaban J connectivity index is 1.46. The smallest absolute Gasteiger partial charge is 0.262 e. The number of fused-ring (bicyclic) bond motifs is 1. The molecule has 2 aromatic carbocycles. The van der Waals surface area contributed by atoms with Crippen molar-refractivity contribution < 1.29 is 4.52 Å². The van der Waals surface area contributed by atoms with E-state index in [1.807, 2.05) is 61.5 Å². The van der Waals surface area contributed by atoms with Gasteiger partial charge in [0, 0.05) is 18.0 Å². The molecule has 3 aromatic heterocycles. The van der Waals surface area contributed by atoms with Crippen LogP contribution in [0.4, 0.5) is 0 Å². The van der Waals surface area contributed by atoms with Gasteiger partial charge in [-0.05, 0) is 36.8 Å². The summed E-state index contributed by atoms with van der Waals surface area (Å²) < 4.78 is 7.12. The van der Waals surface area contributed by atoms with Gasteiger partial charge < -0.3 is 4.52 Å². The predicted molar refractivity (Wildman–Crippen MR) is 123 cm³/mol. The second-order valence-corrected chi connectivity index (χ2v) is 8.28. The molecule has 8 heteroatoms. The molecule has 0 amide bonds. The summed E-state index contributed by atoms with van der Waals surface area (Å²) in [6.45, 7) is 2.40. The molecule has 0 N–H and O–H groups in total. The first-order valence-corrected chi connectivity index (χ1v) is 11.1. The molecule has 0 fully saturated rings. The second kappa shape index (κ2) is 8.76. The summed E-state index contributed by atoms with van der Waals surface area (Å²) >= 11 is 1.40. The van der Waals surface area contributed by atoms with E-state index in [2.05, 4.69) is 15.1 Å². The van der Waals surface area contributed by atoms with Crippen LogP contribution in [-0.4, -0.2) is 24.7 Å². The topological polar surface area (TPSA) is 86.7 Å². The number of benzene rings is 2. The summed E-state index contributed by atoms with van der Waals surface area (Å²) in [5, 5.41) is 5.28. The largest absolute Gasteiger partial charge is 0.338 e. The lowest BCUT2D eigenvalue weighted by molar-refractivity contribution is 0.391. The highest BCUT2D eigenvalue weighted by Gasteiger charge is 2.15. The van der Waals surface area contributed by atoms with Gasteiger partial charge in [-0.3, -0.25) is 14.3 Å². The number of aryl methyl sites for hydroxylation is 1. The maximum Gasteiger partial charge on any atom is 0.262 e. The Morgan fingerprint density at radius 1 is 1.03 bits per heavy atom. The Morgan fingerprint density at radius 3 is 2.78 bits per heavy atom. The fourth-order valence-electron chi connectivity index (χ4n) is 3.41. The molecular formula is C24H19N5O2S. The van der Waals surface area contributed by atoms with Gasteiger partial charge in [0.2, 0.25) is 11.7 Å². The zero-order chi connectivity index (χ0) is 21.9. The molecule has 0 saturated carbocycles. The van der Waals surface area contributed by atoms with Crippen LogP contribution < -0.4 is 5.56 Å². The van der Waals surface area contributed by atoms with Gasteiger partial charge in [-0.1, -0.05) is 58.9 Å². The van der Waals surface area contributed by atoms with E-state index in [0.29, 0.717) is 40.1 Å². The van der Waals surface area contributed by atoms with E-state index in [-0.39, 0.29) is 5.56 Å². The molecule has 0 aliphatic carbocycles. The normalized spacial score (nSPS) is 11.2. The molecule has 0 aliphatic rings. The first-order valence-electron chi connectivity index (χ1n) is 10.1. The molecule has 0 atom stereocenters. The Labute approximate surface area is 188 Å². The fourth-order valence-corrected chi connectivity index (χ4v) is 4.25. The van der Waals surface area contributed by atoms with E-state index < -0.39 is 0 Å². The number of pyridine rings is 1. The zero-order valence-electron chi connectivity index (χ0n) is 17.3. The summed E-state index contributed by atoms with van der Waals surface area (Å²) in [6.07, 6.45) is 3.46. The van der Waals surface area contributed by atoms with Crippen LogP contribution in [0, 0.1) is 6.92 Å². The van der Waals surface area contributed by atoms with Crippen molar-refractivity contribution in [2.24, 2.45) is 0 Å². The van der Waals surface area contributed by atoms with Crippen LogP contribution in [0.25, 0.3) is 22.3 Å². The minimum Gasteiger partial charge on any atom is -0.338 e. The van der Waals surface area contributed by atoms with Gasteiger partial charge in [0.1, 0.15) is 0 Å². The van der Waals surface area contributed by atoms with Gasteiger partial charge >= 0.3 is 0 Å². The average Bonchev–Trinajstić information content (AvgIpc) is 3.30. The van der Waals surface area contributed by atoms with E-state index in [1.54, 1.807) is 23.0 Å². The Hall–Kier alpha value is -3.78. The maximum atomic E-state index is 13.2. The highest BCUT2D eigenvalue weighted by Crippen LogP contribution is 2.24. The molecule has 5 rings (SSSR count). The van der Waals surface area contributed by atoms with Gasteiger partial charge in [-0.25, -0.2) is 4.98 Å². The molecule has 0 bridgehead atoms. The van der Waals surface area contributed by atoms with Crippen molar-refractivity contribution >= 4 is 22.7 Å². The van der Waals surface area contributed by atoms with Gasteiger partial charge in [-0.2, -0.15) is 4.98 Å². The third-order valence-electron chi connectivity index (χ3n) is 4.96. The molecule has 158 valence electrons. The summed E-state index contributed by atoms with van der Waals surface area (Å²) in [5.74, 6) is 1.42. The van der Waals surface area contributed by atoms with Crippen molar-refractivity contribution in [1.82, 2.24) is 24.7 Å². The molecule has 5 aromatic rings. The van der Waals surface area contributed by atoms with Crippen LogP contribution in [-0.2, 0) is 12.3 Å². The van der Waals surface area contributed by atoms with Crippen molar-refractivity contribution in [2.45, 2.75) is 24.4 Å². The van der Waals surface area contributed by atoms with Crippen molar-refractivity contribution in [1.29, 1.82) is 0 Å². The van der Waals surface area contributed by atoms with Crippen molar-refractivity contribution in [2.75, 3.05) is 0 Å². The summed E-state index contributed by atoms with van der Waals surface area (Å²) in [5.41, 5.74) is 3.53. The Kier molecular flexibility index (Phi) is 5.51. The van der Waals surface area contributed by atoms with Crippen LogP contribution in [0.15, 0.2) is 87.5 Å². The lowest BCUT2D eigenvalue weighted by atomic mass is 10.1. The van der Waals surface area contributed by atoms with E-state index in [9.17, 15) is 4.79 Å². The number of thioether (sulfide) groups is 1. The van der Waals surface area contributed by atoms with Gasteiger partial charge in [-0.15, -0.1) is 0 Å². The van der Waals surface area contributed by atoms with Gasteiger partial charge in [0.15, 0.2) is 5.16 Å². The maximum absolute atomic E-state index is 13.2. The fraction of sp³-hybridized carbons (Fsp3) is 0.125. The van der Waals surface area contributed by atoms with Crippen molar-refractivity contribution in [3.8, 4) is 11.4 Å². The number of aromatic nitrogens is 5. The molecule has 3 heterocycles. The predicted octanol–water partition coefficient (Wildman–Crippen LogP) is 4.49. The van der Waals surface area contributed by atoms with Gasteiger partial charge in [0.05, 0.1) is 23.2 Å². The molecule has 0 radical (unpaired) electrons. The lowest BCUT2D eigenvalue weighted by Gasteiger charge is -2.12. The molecule has 0 aliphatic heterocycles. The first kappa shape index (κ1) is 20.1. The third kappa shape index (κ3) is 4.17. The molecule has 0 spiro atoms. The zero-order valence-corrected chi connectivity index (χ0v) is 18.1. The van der Waals surface area contributed by atoms with Crippen LogP contribution in [0.1, 0.15) is 17.0 Å². The number of para-hydroxylation sites is 1. The van der Waals surface area contributed by atoms with E-state index in [1.165, 1.54) is 11.8 Å². The highest BCUT2D eigenvalue weighted by molar-refractivity contribution is 7.98. The highest BCUT2D eigenvalue weighted by atomic mass is 32.2. The molecule has 0 saturated heterocycles. The third-order valence-corrected chi connectivity index (χ3v) is 5.92. The average molecular weight is 442 g/mol. The number of hydrogen-bond donors (Lipinski definition) is 0. The molecule has 7 nitrogen and oxygen atoms in total.